The van der Waals surface area contributed by atoms with Gasteiger partial charge in [0.05, 0.1) is 23.7 Å². The van der Waals surface area contributed by atoms with Gasteiger partial charge in [-0.1, -0.05) is 17.7 Å². The van der Waals surface area contributed by atoms with Gasteiger partial charge in [-0.2, -0.15) is 8.42 Å². The van der Waals surface area contributed by atoms with Crippen LogP contribution in [0.5, 0.6) is 5.75 Å². The Kier molecular flexibility index (Phi) is 8.54. The third-order valence-corrected chi connectivity index (χ3v) is 6.70. The number of carbonyl (C=O) groups excluding carboxylic acids is 1. The summed E-state index contributed by atoms with van der Waals surface area (Å²) >= 11 is 0. The minimum atomic E-state index is -3.76. The zero-order valence-corrected chi connectivity index (χ0v) is 21.1. The van der Waals surface area contributed by atoms with Crippen molar-refractivity contribution in [3.63, 3.8) is 0 Å². The van der Waals surface area contributed by atoms with Gasteiger partial charge in [0.1, 0.15) is 18.0 Å². The highest BCUT2D eigenvalue weighted by atomic mass is 32.2. The highest BCUT2D eigenvalue weighted by Gasteiger charge is 2.32. The molecule has 2 heterocycles. The lowest BCUT2D eigenvalue weighted by molar-refractivity contribution is 0.0187. The topological polar surface area (TPSA) is 95.0 Å². The van der Waals surface area contributed by atoms with E-state index in [1.54, 1.807) is 41.6 Å². The van der Waals surface area contributed by atoms with Crippen LogP contribution in [0.15, 0.2) is 47.6 Å². The quantitative estimate of drug-likeness (QED) is 0.377. The van der Waals surface area contributed by atoms with Crippen LogP contribution in [0.25, 0.3) is 0 Å². The summed E-state index contributed by atoms with van der Waals surface area (Å²) in [5.41, 5.74) is 1.37. The number of ether oxygens (including phenoxy) is 2. The van der Waals surface area contributed by atoms with Gasteiger partial charge in [0.15, 0.2) is 0 Å². The lowest BCUT2D eigenvalue weighted by atomic mass is 10.1. The van der Waals surface area contributed by atoms with E-state index in [4.69, 9.17) is 13.7 Å². The van der Waals surface area contributed by atoms with Crippen LogP contribution in [-0.4, -0.2) is 55.8 Å². The third kappa shape index (κ3) is 7.70. The Morgan fingerprint density at radius 1 is 1.18 bits per heavy atom. The molecule has 8 nitrogen and oxygen atoms in total. The first-order chi connectivity index (χ1) is 16.0. The predicted octanol–water partition coefficient (Wildman–Crippen LogP) is 4.51. The Morgan fingerprint density at radius 3 is 2.62 bits per heavy atom. The normalized spacial score (nSPS) is 16.5. The number of benzene rings is 1. The van der Waals surface area contributed by atoms with Crippen molar-refractivity contribution in [3.8, 4) is 5.75 Å². The molecule has 1 aliphatic heterocycles. The molecule has 0 aliphatic carbocycles. The van der Waals surface area contributed by atoms with Crippen molar-refractivity contribution in [2.75, 3.05) is 19.8 Å². The molecular weight excluding hydrogens is 456 g/mol. The fraction of sp³-hybridized carbons (Fsp3) is 0.520. The van der Waals surface area contributed by atoms with E-state index in [9.17, 15) is 13.2 Å². The summed E-state index contributed by atoms with van der Waals surface area (Å²) in [4.78, 5) is 18.6. The summed E-state index contributed by atoms with van der Waals surface area (Å²) < 4.78 is 41.2. The number of carbonyl (C=O) groups is 1. The molecule has 1 amide bonds. The number of hydrogen-bond donors (Lipinski definition) is 0. The number of pyridine rings is 1. The van der Waals surface area contributed by atoms with E-state index in [2.05, 4.69) is 4.98 Å². The van der Waals surface area contributed by atoms with Crippen LogP contribution in [0.1, 0.15) is 51.2 Å². The van der Waals surface area contributed by atoms with Crippen LogP contribution < -0.4 is 4.74 Å². The molecule has 1 fully saturated rings. The van der Waals surface area contributed by atoms with Crippen LogP contribution in [0.2, 0.25) is 0 Å². The molecule has 0 unspecified atom stereocenters. The first kappa shape index (κ1) is 26.0. The van der Waals surface area contributed by atoms with Crippen molar-refractivity contribution >= 4 is 16.2 Å². The number of likely N-dealkylation sites (tertiary alicyclic amines) is 1. The van der Waals surface area contributed by atoms with Crippen molar-refractivity contribution in [1.82, 2.24) is 9.88 Å². The van der Waals surface area contributed by atoms with Gasteiger partial charge in [0.25, 0.3) is 10.1 Å². The van der Waals surface area contributed by atoms with E-state index in [0.29, 0.717) is 31.7 Å². The van der Waals surface area contributed by atoms with Gasteiger partial charge in [0, 0.05) is 12.7 Å². The number of nitrogens with zero attached hydrogens (tertiary/aromatic N) is 2. The fourth-order valence-corrected chi connectivity index (χ4v) is 4.60. The first-order valence-corrected chi connectivity index (χ1v) is 13.0. The van der Waals surface area contributed by atoms with Gasteiger partial charge in [-0.15, -0.1) is 0 Å². The molecule has 0 radical (unpaired) electrons. The molecule has 0 N–H and O–H groups in total. The summed E-state index contributed by atoms with van der Waals surface area (Å²) in [7, 11) is -3.76. The summed E-state index contributed by atoms with van der Waals surface area (Å²) in [5.74, 6) is 0.613. The summed E-state index contributed by atoms with van der Waals surface area (Å²) in [5, 5.41) is 0. The standard InChI is InChI=1S/C25H34N2O6S/c1-19-9-11-23(12-10-19)34(29,30)32-14-6-7-20-15-22(17-26-16-20)31-18-21-8-5-13-27(21)24(28)33-25(2,3)4/h9-12,15-17,21H,5-8,13-14,18H2,1-4H3/t21-/m0/s1. The fourth-order valence-electron chi connectivity index (χ4n) is 3.66. The van der Waals surface area contributed by atoms with E-state index in [0.717, 1.165) is 24.0 Å². The Labute approximate surface area is 202 Å². The molecule has 0 saturated carbocycles. The molecule has 1 saturated heterocycles. The largest absolute Gasteiger partial charge is 0.490 e. The molecule has 3 rings (SSSR count). The van der Waals surface area contributed by atoms with Crippen molar-refractivity contribution in [1.29, 1.82) is 0 Å². The van der Waals surface area contributed by atoms with E-state index in [1.165, 1.54) is 0 Å². The molecule has 1 aromatic heterocycles. The minimum Gasteiger partial charge on any atom is -0.490 e. The van der Waals surface area contributed by atoms with E-state index in [-0.39, 0.29) is 23.6 Å². The zero-order valence-electron chi connectivity index (χ0n) is 20.3. The number of aryl methyl sites for hydroxylation is 2. The second kappa shape index (κ2) is 11.2. The minimum absolute atomic E-state index is 0.0427. The lowest BCUT2D eigenvalue weighted by Crippen LogP contribution is -2.42. The highest BCUT2D eigenvalue weighted by molar-refractivity contribution is 7.86. The van der Waals surface area contributed by atoms with Crippen LogP contribution >= 0.6 is 0 Å². The van der Waals surface area contributed by atoms with Crippen LogP contribution in [0.4, 0.5) is 4.79 Å². The van der Waals surface area contributed by atoms with Crippen molar-refractivity contribution in [3.05, 3.63) is 53.9 Å². The molecule has 0 spiro atoms. The van der Waals surface area contributed by atoms with Crippen molar-refractivity contribution in [2.45, 2.75) is 69.9 Å². The maximum atomic E-state index is 12.4. The molecule has 34 heavy (non-hydrogen) atoms. The summed E-state index contributed by atoms with van der Waals surface area (Å²) in [6.45, 7) is 8.56. The average Bonchev–Trinajstić information content (AvgIpc) is 3.24. The van der Waals surface area contributed by atoms with Crippen molar-refractivity contribution < 1.29 is 26.9 Å². The molecule has 1 aliphatic rings. The van der Waals surface area contributed by atoms with Gasteiger partial charge in [-0.3, -0.25) is 9.17 Å². The second-order valence-corrected chi connectivity index (χ2v) is 11.1. The number of rotatable bonds is 9. The van der Waals surface area contributed by atoms with Crippen molar-refractivity contribution in [2.24, 2.45) is 0 Å². The number of aromatic nitrogens is 1. The van der Waals surface area contributed by atoms with Crippen LogP contribution in [0.3, 0.4) is 0 Å². The molecule has 9 heteroatoms. The second-order valence-electron chi connectivity index (χ2n) is 9.50. The maximum Gasteiger partial charge on any atom is 0.410 e. The Balaban J connectivity index is 1.46. The van der Waals surface area contributed by atoms with E-state index < -0.39 is 15.7 Å². The Morgan fingerprint density at radius 2 is 1.91 bits per heavy atom. The molecule has 186 valence electrons. The molecular formula is C25H34N2O6S. The molecule has 2 aromatic rings. The van der Waals surface area contributed by atoms with Gasteiger partial charge in [-0.25, -0.2) is 4.79 Å². The average molecular weight is 491 g/mol. The number of hydrogen-bond acceptors (Lipinski definition) is 7. The number of amides is 1. The molecule has 0 bridgehead atoms. The molecule has 1 atom stereocenters. The Hall–Kier alpha value is -2.65. The van der Waals surface area contributed by atoms with Crippen LogP contribution in [0, 0.1) is 6.92 Å². The summed E-state index contributed by atoms with van der Waals surface area (Å²) in [6.07, 6.45) is 5.94. The maximum absolute atomic E-state index is 12.4. The first-order valence-electron chi connectivity index (χ1n) is 11.6. The van der Waals surface area contributed by atoms with E-state index in [1.807, 2.05) is 33.8 Å². The monoisotopic (exact) mass is 490 g/mol. The predicted molar refractivity (Wildman–Crippen MR) is 128 cm³/mol. The lowest BCUT2D eigenvalue weighted by Gasteiger charge is -2.28. The van der Waals surface area contributed by atoms with Gasteiger partial charge in [-0.05, 0) is 77.1 Å². The van der Waals surface area contributed by atoms with Gasteiger partial charge < -0.3 is 14.4 Å². The third-order valence-electron chi connectivity index (χ3n) is 5.38. The Bertz CT molecular complexity index is 1060. The molecule has 1 aromatic carbocycles. The smallest absolute Gasteiger partial charge is 0.410 e. The zero-order chi connectivity index (χ0) is 24.8. The van der Waals surface area contributed by atoms with Gasteiger partial charge >= 0.3 is 6.09 Å². The van der Waals surface area contributed by atoms with E-state index >= 15 is 0 Å². The SMILES string of the molecule is Cc1ccc(S(=O)(=O)OCCCc2cncc(OC[C@@H]3CCCN3C(=O)OC(C)(C)C)c2)cc1. The highest BCUT2D eigenvalue weighted by Crippen LogP contribution is 2.22. The van der Waals surface area contributed by atoms with Crippen LogP contribution in [-0.2, 0) is 25.5 Å². The van der Waals surface area contributed by atoms with Gasteiger partial charge in [0.2, 0.25) is 0 Å². The summed E-state index contributed by atoms with van der Waals surface area (Å²) in [6, 6.07) is 8.41.